The predicted molar refractivity (Wildman–Crippen MR) is 398 cm³/mol. The molecule has 12 aliphatic rings. The fourth-order valence-corrected chi connectivity index (χ4v) is 29.2. The Morgan fingerprint density at radius 1 is 0.431 bits per heavy atom. The second-order valence-electron chi connectivity index (χ2n) is 38.1. The Kier molecular flexibility index (Phi) is 32.2. The van der Waals surface area contributed by atoms with E-state index in [4.69, 9.17) is 30.5 Å². The number of carboxylic acid groups (broad SMARTS) is 2. The third kappa shape index (κ3) is 17.3. The molecule has 0 aromatic carbocycles. The average Bonchev–Trinajstić information content (AvgIpc) is 1.09. The van der Waals surface area contributed by atoms with Crippen molar-refractivity contribution in [3.8, 4) is 0 Å². The number of methoxy groups -OCH3 is 2. The third-order valence-electron chi connectivity index (χ3n) is 33.8. The molecule has 0 unspecified atom stereocenters. The number of esters is 1. The zero-order chi connectivity index (χ0) is 73.2. The maximum absolute atomic E-state index is 12.5. The molecule has 0 aromatic heterocycles. The zero-order valence-corrected chi connectivity index (χ0v) is 70.0. The molecular formula is C85H148ClNaO15. The van der Waals surface area contributed by atoms with Crippen molar-refractivity contribution in [3.05, 3.63) is 0 Å². The van der Waals surface area contributed by atoms with Crippen LogP contribution in [0.4, 0.5) is 0 Å². The number of carbonyl (C=O) groups is 3. The van der Waals surface area contributed by atoms with Crippen molar-refractivity contribution in [2.24, 2.45) is 169 Å². The fourth-order valence-electron chi connectivity index (χ4n) is 29.0. The zero-order valence-electron chi connectivity index (χ0n) is 67.2. The van der Waals surface area contributed by atoms with Crippen LogP contribution < -0.4 is 29.6 Å². The second kappa shape index (κ2) is 37.1. The van der Waals surface area contributed by atoms with E-state index in [1.54, 1.807) is 14.2 Å². The van der Waals surface area contributed by atoms with Crippen molar-refractivity contribution in [2.75, 3.05) is 53.5 Å². The van der Waals surface area contributed by atoms with Gasteiger partial charge in [-0.2, -0.15) is 0 Å². The van der Waals surface area contributed by atoms with Crippen molar-refractivity contribution in [2.45, 2.75) is 295 Å². The summed E-state index contributed by atoms with van der Waals surface area (Å²) >= 11 is 5.16. The third-order valence-corrected chi connectivity index (χ3v) is 33.9. The van der Waals surface area contributed by atoms with Gasteiger partial charge >= 0.3 is 47.5 Å². The van der Waals surface area contributed by atoms with E-state index in [0.717, 1.165) is 76.0 Å². The Labute approximate surface area is 645 Å². The molecule has 0 saturated heterocycles. The number of hydrogen-bond acceptors (Lipinski definition) is 13. The summed E-state index contributed by atoms with van der Waals surface area (Å²) in [5, 5.41) is 64.4. The van der Waals surface area contributed by atoms with Gasteiger partial charge in [0.15, 0.2) is 6.79 Å². The molecule has 586 valence electrons. The predicted octanol–water partition coefficient (Wildman–Crippen LogP) is 14.5. The molecule has 12 aliphatic carbocycles. The summed E-state index contributed by atoms with van der Waals surface area (Å²) in [7, 11) is 3.25. The van der Waals surface area contributed by atoms with E-state index in [0.29, 0.717) is 151 Å². The number of carbonyl (C=O) groups excluding carboxylic acids is 1. The number of rotatable bonds is 21. The Morgan fingerprint density at radius 3 is 1.08 bits per heavy atom. The summed E-state index contributed by atoms with van der Waals surface area (Å²) in [5.41, 5.74) is 1.58. The number of halogens is 1. The normalized spacial score (nSPS) is 46.4. The molecule has 0 radical (unpaired) electrons. The standard InChI is InChI=1S/C30H52O5.C26H44O3.C25H42O4.C4H9ClO2.Na.H2O/c1-7-21-25-16-19(2)10-12-30(25,5)24-11-13-29(4)22(8-9-23(29)27(24)28(21)32)20(3)17-26(31)35-18-34-15-14-33-6;1-6-17-21-13-15(2)9-11-26(21,5)20-10-12-25(4)18(16(3)14-22(27)28)7-8-19(25)23(20)24(17)29;1-5-16-20-13-15(26)8-10-25(20,4)19-9-11-24(3)17(14(2)12-21(27)28)6-7-18(24)22(19)23(16)29;1-6-2-3-7-4-5;;/h19-25,27-28,32H,7-18H2,1-6H3;15-21,23-24,29H,6-14H2,1-5H3,(H,27,28);14-20,22-23,26,29H,5-13H2,1-4H3,(H,27,28);2-4H2,1H3;;1H2/q;;;;+1;/p-1/t19-,20-,21-,22-,23+,24+,25+,27+,28-,29-,30-;15-,16-,17-,18-,19+,20+,21+,23+,24-,25-,26-;14-,15-,16-,17-,18+,19+,20+,22+,23-,24-,25-;;;/m111.../s1. The molecule has 102 heavy (non-hydrogen) atoms. The Morgan fingerprint density at radius 2 is 0.745 bits per heavy atom. The molecule has 0 aliphatic heterocycles. The Hall–Kier alpha value is -0.660. The molecule has 33 atom stereocenters. The van der Waals surface area contributed by atoms with E-state index in [2.05, 4.69) is 102 Å². The quantitative estimate of drug-likeness (QED) is 0.0206. The molecule has 0 amide bonds. The first-order valence-electron chi connectivity index (χ1n) is 41.4. The minimum atomic E-state index is -0.682. The van der Waals surface area contributed by atoms with Crippen LogP contribution in [0.25, 0.3) is 0 Å². The van der Waals surface area contributed by atoms with Gasteiger partial charge in [-0.05, 0) is 291 Å². The van der Waals surface area contributed by atoms with Crippen molar-refractivity contribution in [1.82, 2.24) is 0 Å². The SMILES string of the molecule is CC[C@H]1[C@@H](O)[C@@H]2[C@H](CC[C@]3(C)[C@@H]([C@H](C)CC(=O)O)CC[C@@H]23)[C@@]2(C)CC[C@@H](C)C[C@@H]12.CC[C@H]1[C@@H](O)[C@@H]2[C@H](CC[C@]3(C)[C@@H]([C@H](C)CC(=O)O)CC[C@@H]23)[C@@]2(C)CC[C@@H](O)C[C@@H]12.CC[C@H]1[C@@H](O)[C@@H]2[C@H](CC[C@]3(C)[C@@H]([C@H](C)CC(=O)OCOCCOC)CC[C@@H]23)[C@@]2(C)CC[C@@H](C)C[C@@H]12.COCCOCCl.[Na+].[OH-]. The van der Waals surface area contributed by atoms with Crippen molar-refractivity contribution < 1.29 is 104 Å². The fraction of sp³-hybridized carbons (Fsp3) is 0.965. The van der Waals surface area contributed by atoms with Gasteiger partial charge in [-0.25, -0.2) is 0 Å². The topological polar surface area (TPSA) is 249 Å². The smallest absolute Gasteiger partial charge is 0.870 e. The van der Waals surface area contributed by atoms with Gasteiger partial charge in [0.05, 0.1) is 50.8 Å². The first-order chi connectivity index (χ1) is 47.3. The summed E-state index contributed by atoms with van der Waals surface area (Å²) < 4.78 is 25.0. The average molecular weight is 1470 g/mol. The first-order valence-corrected chi connectivity index (χ1v) is 41.9. The van der Waals surface area contributed by atoms with Crippen LogP contribution in [0.1, 0.15) is 270 Å². The van der Waals surface area contributed by atoms with Crippen molar-refractivity contribution in [3.63, 3.8) is 0 Å². The molecule has 0 bridgehead atoms. The Bertz CT molecular complexity index is 2530. The van der Waals surface area contributed by atoms with Crippen LogP contribution in [0.15, 0.2) is 0 Å². The largest absolute Gasteiger partial charge is 1.00 e. The van der Waals surface area contributed by atoms with E-state index in [1.807, 2.05) is 0 Å². The molecule has 7 N–H and O–H groups in total. The number of aliphatic hydroxyl groups is 4. The molecule has 17 heteroatoms. The molecule has 0 aromatic rings. The van der Waals surface area contributed by atoms with Gasteiger partial charge in [0.2, 0.25) is 0 Å². The summed E-state index contributed by atoms with van der Waals surface area (Å²) in [6.07, 6.45) is 28.5. The summed E-state index contributed by atoms with van der Waals surface area (Å²) in [6, 6.07) is 0.253. The maximum Gasteiger partial charge on any atom is 1.00 e. The van der Waals surface area contributed by atoms with Gasteiger partial charge in [0, 0.05) is 33.5 Å². The monoisotopic (exact) mass is 1470 g/mol. The maximum atomic E-state index is 12.5. The molecule has 0 spiro atoms. The van der Waals surface area contributed by atoms with Crippen LogP contribution in [-0.2, 0) is 38.1 Å². The van der Waals surface area contributed by atoms with Crippen LogP contribution in [0.5, 0.6) is 0 Å². The van der Waals surface area contributed by atoms with Crippen LogP contribution in [0.3, 0.4) is 0 Å². The second-order valence-corrected chi connectivity index (χ2v) is 38.4. The molecule has 12 rings (SSSR count). The van der Waals surface area contributed by atoms with Gasteiger partial charge in [-0.3, -0.25) is 14.4 Å². The van der Waals surface area contributed by atoms with E-state index in [1.165, 1.54) is 89.9 Å². The van der Waals surface area contributed by atoms with Gasteiger partial charge in [-0.15, -0.1) is 0 Å². The molecule has 12 fully saturated rings. The summed E-state index contributed by atoms with van der Waals surface area (Å²) in [6.45, 7) is 35.3. The van der Waals surface area contributed by atoms with Gasteiger partial charge < -0.3 is 59.8 Å². The van der Waals surface area contributed by atoms with Gasteiger partial charge in [0.1, 0.15) is 6.07 Å². The van der Waals surface area contributed by atoms with Gasteiger partial charge in [0.25, 0.3) is 0 Å². The van der Waals surface area contributed by atoms with Crippen molar-refractivity contribution in [1.29, 1.82) is 0 Å². The molecule has 15 nitrogen and oxygen atoms in total. The number of carboxylic acids is 2. The Balaban J connectivity index is 0.000000203. The number of aliphatic carboxylic acids is 2. The first kappa shape index (κ1) is 88.6. The molecular weight excluding hydrogens is 1320 g/mol. The number of aliphatic hydroxyl groups excluding tert-OH is 4. The van der Waals surface area contributed by atoms with E-state index in [9.17, 15) is 45.0 Å². The summed E-state index contributed by atoms with van der Waals surface area (Å²) in [4.78, 5) is 35.3. The van der Waals surface area contributed by atoms with E-state index >= 15 is 0 Å². The minimum Gasteiger partial charge on any atom is -0.870 e. The minimum absolute atomic E-state index is 0. The van der Waals surface area contributed by atoms with Crippen LogP contribution in [-0.4, -0.2) is 132 Å². The summed E-state index contributed by atoms with van der Waals surface area (Å²) in [5.74, 6) is 9.94. The van der Waals surface area contributed by atoms with Crippen LogP contribution >= 0.6 is 11.6 Å². The number of hydrogen-bond donors (Lipinski definition) is 6. The van der Waals surface area contributed by atoms with Crippen molar-refractivity contribution >= 4 is 29.5 Å². The number of fused-ring (bicyclic) bond motifs is 15. The number of ether oxygens (including phenoxy) is 5. The van der Waals surface area contributed by atoms with Gasteiger partial charge in [-0.1, -0.05) is 141 Å². The van der Waals surface area contributed by atoms with Crippen LogP contribution in [0.2, 0.25) is 0 Å². The molecule has 12 saturated carbocycles. The number of alkyl halides is 1. The molecule has 0 heterocycles. The van der Waals surface area contributed by atoms with E-state index < -0.39 is 11.9 Å². The van der Waals surface area contributed by atoms with E-state index in [-0.39, 0.29) is 130 Å². The van der Waals surface area contributed by atoms with Crippen LogP contribution in [0, 0.1) is 169 Å².